The SMILES string of the molecule is O=C(COc1cc(Br)ccc1C(=O)O)NC1CCCC1. The van der Waals surface area contributed by atoms with E-state index in [1.54, 1.807) is 12.1 Å². The fourth-order valence-electron chi connectivity index (χ4n) is 2.28. The number of carbonyl (C=O) groups is 2. The van der Waals surface area contributed by atoms with Crippen LogP contribution in [-0.2, 0) is 4.79 Å². The molecular formula is C14H16BrNO4. The lowest BCUT2D eigenvalue weighted by atomic mass is 10.2. The van der Waals surface area contributed by atoms with Crippen molar-refractivity contribution in [2.75, 3.05) is 6.61 Å². The summed E-state index contributed by atoms with van der Waals surface area (Å²) in [5.74, 6) is -1.11. The molecule has 1 aliphatic carbocycles. The monoisotopic (exact) mass is 341 g/mol. The molecule has 0 radical (unpaired) electrons. The third-order valence-corrected chi connectivity index (χ3v) is 3.75. The van der Waals surface area contributed by atoms with Gasteiger partial charge in [-0.25, -0.2) is 4.79 Å². The molecule has 0 atom stereocenters. The van der Waals surface area contributed by atoms with Crippen LogP contribution in [-0.4, -0.2) is 29.6 Å². The summed E-state index contributed by atoms with van der Waals surface area (Å²) in [5.41, 5.74) is 0.0434. The molecule has 0 saturated heterocycles. The van der Waals surface area contributed by atoms with Gasteiger partial charge in [0.1, 0.15) is 11.3 Å². The first-order valence-electron chi connectivity index (χ1n) is 6.51. The fraction of sp³-hybridized carbons (Fsp3) is 0.429. The third-order valence-electron chi connectivity index (χ3n) is 3.25. The lowest BCUT2D eigenvalue weighted by Gasteiger charge is -2.13. The van der Waals surface area contributed by atoms with Gasteiger partial charge in [0.15, 0.2) is 6.61 Å². The third kappa shape index (κ3) is 3.96. The number of ether oxygens (including phenoxy) is 1. The van der Waals surface area contributed by atoms with Crippen LogP contribution in [0.1, 0.15) is 36.0 Å². The van der Waals surface area contributed by atoms with Gasteiger partial charge in [0, 0.05) is 10.5 Å². The highest BCUT2D eigenvalue weighted by molar-refractivity contribution is 9.10. The zero-order chi connectivity index (χ0) is 14.5. The first-order chi connectivity index (χ1) is 9.56. The molecular weight excluding hydrogens is 326 g/mol. The molecule has 1 aromatic rings. The number of hydrogen-bond acceptors (Lipinski definition) is 3. The number of rotatable bonds is 5. The van der Waals surface area contributed by atoms with Gasteiger partial charge in [-0.15, -0.1) is 0 Å². The Morgan fingerprint density at radius 2 is 2.05 bits per heavy atom. The molecule has 1 amide bonds. The number of nitrogens with one attached hydrogen (secondary N) is 1. The first kappa shape index (κ1) is 14.8. The van der Waals surface area contributed by atoms with Crippen molar-refractivity contribution in [2.24, 2.45) is 0 Å². The number of hydrogen-bond donors (Lipinski definition) is 2. The minimum absolute atomic E-state index is 0.0434. The predicted octanol–water partition coefficient (Wildman–Crippen LogP) is 2.58. The van der Waals surface area contributed by atoms with E-state index in [1.807, 2.05) is 0 Å². The van der Waals surface area contributed by atoms with Gasteiger partial charge in [0.25, 0.3) is 5.91 Å². The number of carboxylic acids is 1. The number of halogens is 1. The highest BCUT2D eigenvalue weighted by atomic mass is 79.9. The molecule has 2 N–H and O–H groups in total. The van der Waals surface area contributed by atoms with Crippen molar-refractivity contribution in [3.63, 3.8) is 0 Å². The van der Waals surface area contributed by atoms with Crippen molar-refractivity contribution in [3.05, 3.63) is 28.2 Å². The smallest absolute Gasteiger partial charge is 0.339 e. The van der Waals surface area contributed by atoms with E-state index in [2.05, 4.69) is 21.2 Å². The van der Waals surface area contributed by atoms with Gasteiger partial charge in [0.05, 0.1) is 0 Å². The second kappa shape index (κ2) is 6.74. The van der Waals surface area contributed by atoms with Crippen molar-refractivity contribution < 1.29 is 19.4 Å². The van der Waals surface area contributed by atoms with Crippen LogP contribution >= 0.6 is 15.9 Å². The van der Waals surface area contributed by atoms with E-state index < -0.39 is 5.97 Å². The van der Waals surface area contributed by atoms with E-state index in [0.717, 1.165) is 25.7 Å². The molecule has 0 bridgehead atoms. The van der Waals surface area contributed by atoms with E-state index in [0.29, 0.717) is 4.47 Å². The maximum atomic E-state index is 11.7. The van der Waals surface area contributed by atoms with Crippen LogP contribution in [0.4, 0.5) is 0 Å². The van der Waals surface area contributed by atoms with Crippen LogP contribution in [0, 0.1) is 0 Å². The zero-order valence-electron chi connectivity index (χ0n) is 10.9. The Kier molecular flexibility index (Phi) is 5.00. The summed E-state index contributed by atoms with van der Waals surface area (Å²) in [7, 11) is 0. The minimum atomic E-state index is -1.08. The van der Waals surface area contributed by atoms with Crippen LogP contribution < -0.4 is 10.1 Å². The fourth-order valence-corrected chi connectivity index (χ4v) is 2.62. The molecule has 1 aliphatic rings. The lowest BCUT2D eigenvalue weighted by molar-refractivity contribution is -0.123. The molecule has 108 valence electrons. The predicted molar refractivity (Wildman–Crippen MR) is 77.0 cm³/mol. The van der Waals surface area contributed by atoms with Crippen LogP contribution in [0.25, 0.3) is 0 Å². The number of amides is 1. The minimum Gasteiger partial charge on any atom is -0.483 e. The summed E-state index contributed by atoms with van der Waals surface area (Å²) in [5, 5.41) is 11.9. The van der Waals surface area contributed by atoms with Gasteiger partial charge in [-0.05, 0) is 31.0 Å². The standard InChI is InChI=1S/C14H16BrNO4/c15-9-5-6-11(14(18)19)12(7-9)20-8-13(17)16-10-3-1-2-4-10/h5-7,10H,1-4,8H2,(H,16,17)(H,18,19). The quantitative estimate of drug-likeness (QED) is 0.862. The Balaban J connectivity index is 1.94. The van der Waals surface area contributed by atoms with Crippen molar-refractivity contribution in [1.82, 2.24) is 5.32 Å². The maximum absolute atomic E-state index is 11.7. The summed E-state index contributed by atoms with van der Waals surface area (Å²) in [4.78, 5) is 22.8. The topological polar surface area (TPSA) is 75.6 Å². The summed E-state index contributed by atoms with van der Waals surface area (Å²) in [6.45, 7) is -0.173. The molecule has 0 heterocycles. The molecule has 0 aromatic heterocycles. The van der Waals surface area contributed by atoms with Crippen LogP contribution in [0.3, 0.4) is 0 Å². The first-order valence-corrected chi connectivity index (χ1v) is 7.30. The highest BCUT2D eigenvalue weighted by Crippen LogP contribution is 2.24. The van der Waals surface area contributed by atoms with Crippen LogP contribution in [0.15, 0.2) is 22.7 Å². The second-order valence-electron chi connectivity index (χ2n) is 4.78. The van der Waals surface area contributed by atoms with E-state index in [4.69, 9.17) is 9.84 Å². The molecule has 0 unspecified atom stereocenters. The van der Waals surface area contributed by atoms with Crippen molar-refractivity contribution in [3.8, 4) is 5.75 Å². The Bertz CT molecular complexity index is 512. The Morgan fingerprint density at radius 3 is 2.70 bits per heavy atom. The van der Waals surface area contributed by atoms with Crippen LogP contribution in [0.2, 0.25) is 0 Å². The summed E-state index contributed by atoms with van der Waals surface area (Å²) >= 11 is 3.25. The van der Waals surface area contributed by atoms with Gasteiger partial charge in [-0.1, -0.05) is 28.8 Å². The van der Waals surface area contributed by atoms with Crippen molar-refractivity contribution in [2.45, 2.75) is 31.7 Å². The molecule has 1 saturated carbocycles. The van der Waals surface area contributed by atoms with Gasteiger partial charge in [-0.2, -0.15) is 0 Å². The Hall–Kier alpha value is -1.56. The van der Waals surface area contributed by atoms with E-state index in [9.17, 15) is 9.59 Å². The molecule has 2 rings (SSSR count). The molecule has 20 heavy (non-hydrogen) atoms. The molecule has 1 aromatic carbocycles. The van der Waals surface area contributed by atoms with E-state index in [-0.39, 0.29) is 29.9 Å². The average molecular weight is 342 g/mol. The maximum Gasteiger partial charge on any atom is 0.339 e. The van der Waals surface area contributed by atoms with E-state index in [1.165, 1.54) is 6.07 Å². The lowest BCUT2D eigenvalue weighted by Crippen LogP contribution is -2.36. The molecule has 0 spiro atoms. The van der Waals surface area contributed by atoms with Crippen molar-refractivity contribution in [1.29, 1.82) is 0 Å². The molecule has 5 nitrogen and oxygen atoms in total. The van der Waals surface area contributed by atoms with Crippen molar-refractivity contribution >= 4 is 27.8 Å². The average Bonchev–Trinajstić information content (AvgIpc) is 2.89. The van der Waals surface area contributed by atoms with Gasteiger partial charge in [-0.3, -0.25) is 4.79 Å². The van der Waals surface area contributed by atoms with Gasteiger partial charge < -0.3 is 15.2 Å². The largest absolute Gasteiger partial charge is 0.483 e. The van der Waals surface area contributed by atoms with Gasteiger partial charge >= 0.3 is 5.97 Å². The second-order valence-corrected chi connectivity index (χ2v) is 5.70. The Labute approximate surface area is 125 Å². The molecule has 6 heteroatoms. The van der Waals surface area contributed by atoms with Crippen LogP contribution in [0.5, 0.6) is 5.75 Å². The zero-order valence-corrected chi connectivity index (χ0v) is 12.5. The number of carbonyl (C=O) groups excluding carboxylic acids is 1. The summed E-state index contributed by atoms with van der Waals surface area (Å²) in [6, 6.07) is 4.84. The normalized spacial score (nSPS) is 15.1. The number of benzene rings is 1. The summed E-state index contributed by atoms with van der Waals surface area (Å²) in [6.07, 6.45) is 4.28. The summed E-state index contributed by atoms with van der Waals surface area (Å²) < 4.78 is 6.03. The van der Waals surface area contributed by atoms with E-state index >= 15 is 0 Å². The van der Waals surface area contributed by atoms with Gasteiger partial charge in [0.2, 0.25) is 0 Å². The highest BCUT2D eigenvalue weighted by Gasteiger charge is 2.18. The molecule has 1 fully saturated rings. The Morgan fingerprint density at radius 1 is 1.35 bits per heavy atom. The number of aromatic carboxylic acids is 1. The number of carboxylic acid groups (broad SMARTS) is 1. The molecule has 0 aliphatic heterocycles.